The summed E-state index contributed by atoms with van der Waals surface area (Å²) in [6.45, 7) is 4.37. The molecule has 0 aromatic heterocycles. The van der Waals surface area contributed by atoms with Crippen molar-refractivity contribution in [2.75, 3.05) is 0 Å². The van der Waals surface area contributed by atoms with Gasteiger partial charge in [-0.25, -0.2) is 0 Å². The van der Waals surface area contributed by atoms with Gasteiger partial charge in [0.2, 0.25) is 0 Å². The molecule has 0 fully saturated rings. The van der Waals surface area contributed by atoms with Crippen LogP contribution in [0.15, 0.2) is 0 Å². The summed E-state index contributed by atoms with van der Waals surface area (Å²) in [5, 5.41) is 0. The molecule has 0 aromatic rings. The van der Waals surface area contributed by atoms with Gasteiger partial charge in [0.05, 0.1) is 0 Å². The van der Waals surface area contributed by atoms with Gasteiger partial charge in [0, 0.05) is 12.8 Å². The second-order valence-corrected chi connectivity index (χ2v) is 7.23. The zero-order valence-electron chi connectivity index (χ0n) is 18.2. The van der Waals surface area contributed by atoms with Gasteiger partial charge in [0.1, 0.15) is 0 Å². The van der Waals surface area contributed by atoms with Crippen molar-refractivity contribution in [2.45, 2.75) is 104 Å². The van der Waals surface area contributed by atoms with Gasteiger partial charge in [0.25, 0.3) is 0 Å². The van der Waals surface area contributed by atoms with E-state index in [4.69, 9.17) is 22.3 Å². The molecule has 0 saturated heterocycles. The summed E-state index contributed by atoms with van der Waals surface area (Å²) in [6, 6.07) is 0. The first kappa shape index (κ1) is 31.7. The van der Waals surface area contributed by atoms with E-state index in [1.165, 1.54) is 51.4 Å². The van der Waals surface area contributed by atoms with Gasteiger partial charge in [-0.15, -0.1) is 0 Å². The molecular formula is C18H37NaO7S. The Hall–Kier alpha value is 0.01000. The first-order chi connectivity index (χ1) is 12.2. The van der Waals surface area contributed by atoms with E-state index in [0.29, 0.717) is 12.8 Å². The first-order valence-corrected chi connectivity index (χ1v) is 11.0. The van der Waals surface area contributed by atoms with Crippen LogP contribution in [-0.2, 0) is 24.7 Å². The van der Waals surface area contributed by atoms with E-state index in [1.54, 1.807) is 0 Å². The van der Waals surface area contributed by atoms with Gasteiger partial charge in [-0.2, -0.15) is 8.42 Å². The van der Waals surface area contributed by atoms with Crippen LogP contribution in [0.4, 0.5) is 0 Å². The SMILES string of the molecule is CCCCCCCCC(=O)OC(=O)CCCCCCCC.O=S(=O)(O)O.[H-].[Na+]. The molecule has 0 bridgehead atoms. The standard InChI is InChI=1S/C18H34O3.Na.H2O4S.H/c1-3-5-7-9-11-13-15-17(19)21-18(20)16-14-12-10-8-6-4-2;;1-5(2,3)4;/h3-16H2,1-2H3;;(H2,1,2,3,4);/q;+1;;-1. The van der Waals surface area contributed by atoms with Crippen LogP contribution < -0.4 is 29.6 Å². The van der Waals surface area contributed by atoms with E-state index in [-0.39, 0.29) is 42.9 Å². The number of ether oxygens (including phenoxy) is 1. The predicted molar refractivity (Wildman–Crippen MR) is 102 cm³/mol. The van der Waals surface area contributed by atoms with Crippen LogP contribution in [-0.4, -0.2) is 29.5 Å². The monoisotopic (exact) mass is 420 g/mol. The van der Waals surface area contributed by atoms with Gasteiger partial charge in [-0.1, -0.05) is 78.1 Å². The molecule has 0 unspecified atom stereocenters. The first-order valence-electron chi connectivity index (χ1n) is 9.64. The summed E-state index contributed by atoms with van der Waals surface area (Å²) in [7, 11) is -4.67. The molecule has 0 heterocycles. The van der Waals surface area contributed by atoms with Gasteiger partial charge < -0.3 is 6.16 Å². The quantitative estimate of drug-likeness (QED) is 0.145. The summed E-state index contributed by atoms with van der Waals surface area (Å²) in [4.78, 5) is 22.9. The minimum absolute atomic E-state index is 0. The number of carbonyl (C=O) groups is 2. The van der Waals surface area contributed by atoms with Crippen molar-refractivity contribution in [1.29, 1.82) is 0 Å². The summed E-state index contributed by atoms with van der Waals surface area (Å²) in [6.07, 6.45) is 14.4. The molecule has 0 amide bonds. The maximum Gasteiger partial charge on any atom is 1.00 e. The maximum absolute atomic E-state index is 11.5. The van der Waals surface area contributed by atoms with Crippen molar-refractivity contribution < 1.29 is 62.8 Å². The van der Waals surface area contributed by atoms with Crippen molar-refractivity contribution in [1.82, 2.24) is 0 Å². The Morgan fingerprint density at radius 3 is 1.26 bits per heavy atom. The Bertz CT molecular complexity index is 425. The fraction of sp³-hybridized carbons (Fsp3) is 0.889. The van der Waals surface area contributed by atoms with Crippen LogP contribution in [0, 0.1) is 0 Å². The molecular weight excluding hydrogens is 383 g/mol. The Labute approximate surface area is 188 Å². The van der Waals surface area contributed by atoms with Crippen LogP contribution in [0.5, 0.6) is 0 Å². The second-order valence-electron chi connectivity index (χ2n) is 6.33. The molecule has 158 valence electrons. The fourth-order valence-electron chi connectivity index (χ4n) is 2.33. The van der Waals surface area contributed by atoms with Gasteiger partial charge in [-0.05, 0) is 12.8 Å². The third-order valence-electron chi connectivity index (χ3n) is 3.70. The smallest absolute Gasteiger partial charge is 1.00 e. The van der Waals surface area contributed by atoms with E-state index < -0.39 is 10.4 Å². The number of unbranched alkanes of at least 4 members (excludes halogenated alkanes) is 10. The minimum Gasteiger partial charge on any atom is -1.00 e. The Morgan fingerprint density at radius 1 is 0.704 bits per heavy atom. The van der Waals surface area contributed by atoms with Gasteiger partial charge in [0.15, 0.2) is 0 Å². The minimum atomic E-state index is -4.67. The fourth-order valence-corrected chi connectivity index (χ4v) is 2.33. The van der Waals surface area contributed by atoms with Crippen LogP contribution >= 0.6 is 0 Å². The summed E-state index contributed by atoms with van der Waals surface area (Å²) in [5.41, 5.74) is 0. The van der Waals surface area contributed by atoms with Gasteiger partial charge >= 0.3 is 51.9 Å². The molecule has 0 radical (unpaired) electrons. The largest absolute Gasteiger partial charge is 1.00 e. The molecule has 7 nitrogen and oxygen atoms in total. The molecule has 0 aliphatic rings. The van der Waals surface area contributed by atoms with E-state index in [1.807, 2.05) is 0 Å². The van der Waals surface area contributed by atoms with E-state index >= 15 is 0 Å². The van der Waals surface area contributed by atoms with E-state index in [9.17, 15) is 9.59 Å². The topological polar surface area (TPSA) is 118 Å². The average Bonchev–Trinajstić information content (AvgIpc) is 2.52. The molecule has 0 rings (SSSR count). The number of hydrogen-bond donors (Lipinski definition) is 2. The van der Waals surface area contributed by atoms with E-state index in [0.717, 1.165) is 25.7 Å². The number of esters is 2. The van der Waals surface area contributed by atoms with E-state index in [2.05, 4.69) is 13.8 Å². The van der Waals surface area contributed by atoms with Crippen molar-refractivity contribution in [2.24, 2.45) is 0 Å². The zero-order valence-corrected chi connectivity index (χ0v) is 20.1. The zero-order chi connectivity index (χ0) is 20.3. The van der Waals surface area contributed by atoms with Crippen molar-refractivity contribution in [3.8, 4) is 0 Å². The van der Waals surface area contributed by atoms with Crippen LogP contribution in [0.25, 0.3) is 0 Å². The number of rotatable bonds is 14. The van der Waals surface area contributed by atoms with Crippen molar-refractivity contribution in [3.05, 3.63) is 0 Å². The molecule has 0 spiro atoms. The summed E-state index contributed by atoms with van der Waals surface area (Å²) in [5.74, 6) is -0.692. The second kappa shape index (κ2) is 22.3. The van der Waals surface area contributed by atoms with Crippen molar-refractivity contribution in [3.63, 3.8) is 0 Å². The molecule has 0 atom stereocenters. The third kappa shape index (κ3) is 37.4. The predicted octanol–water partition coefficient (Wildman–Crippen LogP) is 2.02. The summed E-state index contributed by atoms with van der Waals surface area (Å²) >= 11 is 0. The molecule has 27 heavy (non-hydrogen) atoms. The molecule has 0 saturated carbocycles. The molecule has 0 aliphatic carbocycles. The molecule has 0 aromatic carbocycles. The van der Waals surface area contributed by atoms with Crippen molar-refractivity contribution >= 4 is 22.3 Å². The van der Waals surface area contributed by atoms with Crippen LogP contribution in [0.3, 0.4) is 0 Å². The average molecular weight is 421 g/mol. The number of carbonyl (C=O) groups excluding carboxylic acids is 2. The van der Waals surface area contributed by atoms with Crippen LogP contribution in [0.2, 0.25) is 0 Å². The van der Waals surface area contributed by atoms with Crippen LogP contribution in [0.1, 0.15) is 105 Å². The molecule has 0 aliphatic heterocycles. The summed E-state index contributed by atoms with van der Waals surface area (Å²) < 4.78 is 36.4. The molecule has 9 heteroatoms. The number of hydrogen-bond acceptors (Lipinski definition) is 5. The normalized spacial score (nSPS) is 10.4. The Morgan fingerprint density at radius 2 is 0.963 bits per heavy atom. The van der Waals surface area contributed by atoms with Gasteiger partial charge in [-0.3, -0.25) is 18.7 Å². The third-order valence-corrected chi connectivity index (χ3v) is 3.70. The molecule has 2 N–H and O–H groups in total. The Balaban J connectivity index is -0.000000364. The Kier molecular flexibility index (Phi) is 26.2. The maximum atomic E-state index is 11.5.